The summed E-state index contributed by atoms with van der Waals surface area (Å²) in [5, 5.41) is 2.97. The largest absolute Gasteiger partial charge is 0.452 e. The third-order valence-corrected chi connectivity index (χ3v) is 4.74. The number of aromatic nitrogens is 2. The van der Waals surface area contributed by atoms with Crippen LogP contribution in [0.3, 0.4) is 0 Å². The Hall–Kier alpha value is -3.28. The molecule has 136 valence electrons. The molecule has 0 radical (unpaired) electrons. The van der Waals surface area contributed by atoms with Crippen molar-refractivity contribution in [1.29, 1.82) is 0 Å². The van der Waals surface area contributed by atoms with E-state index >= 15 is 0 Å². The molecule has 0 bridgehead atoms. The molecular weight excluding hydrogens is 342 g/mol. The van der Waals surface area contributed by atoms with Crippen LogP contribution in [0.15, 0.2) is 54.9 Å². The monoisotopic (exact) mass is 361 g/mol. The maximum Gasteiger partial charge on any atom is 0.338 e. The van der Waals surface area contributed by atoms with Crippen LogP contribution in [0.4, 0.5) is 0 Å². The fourth-order valence-corrected chi connectivity index (χ4v) is 3.44. The van der Waals surface area contributed by atoms with E-state index in [4.69, 9.17) is 4.74 Å². The first-order valence-electron chi connectivity index (χ1n) is 8.96. The van der Waals surface area contributed by atoms with Gasteiger partial charge in [-0.1, -0.05) is 24.3 Å². The van der Waals surface area contributed by atoms with Crippen molar-refractivity contribution in [3.8, 4) is 0 Å². The summed E-state index contributed by atoms with van der Waals surface area (Å²) in [5.74, 6) is -0.854. The van der Waals surface area contributed by atoms with Gasteiger partial charge in [-0.05, 0) is 48.6 Å². The lowest BCUT2D eigenvalue weighted by Crippen LogP contribution is -2.34. The second kappa shape index (κ2) is 7.53. The molecule has 1 aromatic heterocycles. The van der Waals surface area contributed by atoms with Crippen LogP contribution in [0, 0.1) is 0 Å². The number of aryl methyl sites for hydroxylation is 1. The van der Waals surface area contributed by atoms with Crippen LogP contribution in [0.2, 0.25) is 0 Å². The summed E-state index contributed by atoms with van der Waals surface area (Å²) in [6.45, 7) is -0.310. The average Bonchev–Trinajstić information content (AvgIpc) is 2.72. The zero-order chi connectivity index (χ0) is 18.6. The van der Waals surface area contributed by atoms with E-state index in [1.165, 1.54) is 5.56 Å². The summed E-state index contributed by atoms with van der Waals surface area (Å²) in [5.41, 5.74) is 4.07. The average molecular weight is 361 g/mol. The molecule has 3 aromatic rings. The molecule has 1 aliphatic carbocycles. The Balaban J connectivity index is 1.37. The zero-order valence-electron chi connectivity index (χ0n) is 14.7. The summed E-state index contributed by atoms with van der Waals surface area (Å²) in [6.07, 6.45) is 6.10. The van der Waals surface area contributed by atoms with Crippen LogP contribution in [-0.2, 0) is 16.0 Å². The number of hydrogen-bond donors (Lipinski definition) is 1. The van der Waals surface area contributed by atoms with Gasteiger partial charge in [0, 0.05) is 12.4 Å². The molecule has 27 heavy (non-hydrogen) atoms. The van der Waals surface area contributed by atoms with Crippen molar-refractivity contribution in [2.75, 3.05) is 6.61 Å². The van der Waals surface area contributed by atoms with E-state index in [-0.39, 0.29) is 18.6 Å². The zero-order valence-corrected chi connectivity index (χ0v) is 14.7. The summed E-state index contributed by atoms with van der Waals surface area (Å²) >= 11 is 0. The number of carbonyl (C=O) groups excluding carboxylic acids is 2. The highest BCUT2D eigenvalue weighted by Gasteiger charge is 2.22. The molecule has 1 heterocycles. The number of nitrogens with one attached hydrogen (secondary N) is 1. The third-order valence-electron chi connectivity index (χ3n) is 4.74. The smallest absolute Gasteiger partial charge is 0.338 e. The van der Waals surface area contributed by atoms with Gasteiger partial charge in [0.2, 0.25) is 0 Å². The number of ether oxygens (including phenoxy) is 1. The van der Waals surface area contributed by atoms with Crippen LogP contribution in [0.5, 0.6) is 0 Å². The molecule has 1 atom stereocenters. The number of fused-ring (bicyclic) bond motifs is 2. The van der Waals surface area contributed by atoms with Crippen molar-refractivity contribution in [2.45, 2.75) is 25.3 Å². The van der Waals surface area contributed by atoms with E-state index in [1.807, 2.05) is 18.2 Å². The number of nitrogens with zero attached hydrogens (tertiary/aromatic N) is 2. The predicted octanol–water partition coefficient (Wildman–Crippen LogP) is 2.98. The Morgan fingerprint density at radius 2 is 1.89 bits per heavy atom. The van der Waals surface area contributed by atoms with E-state index in [1.54, 1.807) is 30.6 Å². The van der Waals surface area contributed by atoms with Gasteiger partial charge in [0.15, 0.2) is 6.61 Å². The Morgan fingerprint density at radius 3 is 2.78 bits per heavy atom. The molecule has 2 aromatic carbocycles. The van der Waals surface area contributed by atoms with Crippen molar-refractivity contribution in [3.63, 3.8) is 0 Å². The molecular formula is C21H19N3O3. The van der Waals surface area contributed by atoms with Gasteiger partial charge in [0.25, 0.3) is 5.91 Å². The summed E-state index contributed by atoms with van der Waals surface area (Å²) < 4.78 is 5.17. The minimum Gasteiger partial charge on any atom is -0.452 e. The van der Waals surface area contributed by atoms with Crippen molar-refractivity contribution in [3.05, 3.63) is 71.5 Å². The van der Waals surface area contributed by atoms with Crippen LogP contribution < -0.4 is 5.32 Å². The molecule has 0 fully saturated rings. The Labute approximate surface area is 156 Å². The van der Waals surface area contributed by atoms with Gasteiger partial charge in [0.05, 0.1) is 22.6 Å². The summed E-state index contributed by atoms with van der Waals surface area (Å²) in [6, 6.07) is 13.0. The number of amides is 1. The number of benzene rings is 2. The molecule has 6 nitrogen and oxygen atoms in total. The molecule has 0 unspecified atom stereocenters. The van der Waals surface area contributed by atoms with Crippen LogP contribution in [-0.4, -0.2) is 28.5 Å². The SMILES string of the molecule is O=C(COC(=O)c1ccc2nccnc2c1)N[C@H]1CCCc2ccccc21. The van der Waals surface area contributed by atoms with E-state index in [2.05, 4.69) is 21.4 Å². The normalized spacial score (nSPS) is 15.8. The van der Waals surface area contributed by atoms with Gasteiger partial charge >= 0.3 is 5.97 Å². The second-order valence-electron chi connectivity index (χ2n) is 6.55. The fraction of sp³-hybridized carbons (Fsp3) is 0.238. The summed E-state index contributed by atoms with van der Waals surface area (Å²) in [4.78, 5) is 32.8. The Morgan fingerprint density at radius 1 is 1.07 bits per heavy atom. The van der Waals surface area contributed by atoms with E-state index < -0.39 is 5.97 Å². The van der Waals surface area contributed by atoms with E-state index in [9.17, 15) is 9.59 Å². The van der Waals surface area contributed by atoms with Gasteiger partial charge in [-0.15, -0.1) is 0 Å². The molecule has 1 amide bonds. The number of carbonyl (C=O) groups is 2. The van der Waals surface area contributed by atoms with Crippen molar-refractivity contribution >= 4 is 22.9 Å². The van der Waals surface area contributed by atoms with E-state index in [0.717, 1.165) is 24.8 Å². The number of rotatable bonds is 4. The molecule has 0 saturated heterocycles. The third kappa shape index (κ3) is 3.79. The minimum absolute atomic E-state index is 0.0305. The van der Waals surface area contributed by atoms with Gasteiger partial charge in [-0.2, -0.15) is 0 Å². The van der Waals surface area contributed by atoms with Gasteiger partial charge in [-0.3, -0.25) is 14.8 Å². The van der Waals surface area contributed by atoms with Gasteiger partial charge in [-0.25, -0.2) is 4.79 Å². The molecule has 0 spiro atoms. The lowest BCUT2D eigenvalue weighted by molar-refractivity contribution is -0.125. The molecule has 4 rings (SSSR count). The topological polar surface area (TPSA) is 81.2 Å². The van der Waals surface area contributed by atoms with Crippen LogP contribution >= 0.6 is 0 Å². The van der Waals surface area contributed by atoms with Gasteiger partial charge < -0.3 is 10.1 Å². The van der Waals surface area contributed by atoms with E-state index in [0.29, 0.717) is 16.6 Å². The first-order chi connectivity index (χ1) is 13.2. The molecule has 1 N–H and O–H groups in total. The fourth-order valence-electron chi connectivity index (χ4n) is 3.44. The first kappa shape index (κ1) is 17.1. The minimum atomic E-state index is -0.554. The Bertz CT molecular complexity index is 1000. The van der Waals surface area contributed by atoms with Crippen LogP contribution in [0.1, 0.15) is 40.4 Å². The molecule has 6 heteroatoms. The standard InChI is InChI=1S/C21H19N3O3/c25-20(24-17-7-3-5-14-4-1-2-6-16(14)17)13-27-21(26)15-8-9-18-19(12-15)23-11-10-22-18/h1-2,4,6,8-12,17H,3,5,7,13H2,(H,24,25)/t17-/m0/s1. The molecule has 0 aliphatic heterocycles. The molecule has 0 saturated carbocycles. The van der Waals surface area contributed by atoms with Crippen molar-refractivity contribution in [1.82, 2.24) is 15.3 Å². The summed E-state index contributed by atoms with van der Waals surface area (Å²) in [7, 11) is 0. The second-order valence-corrected chi connectivity index (χ2v) is 6.55. The lowest BCUT2D eigenvalue weighted by Gasteiger charge is -2.26. The maximum atomic E-state index is 12.3. The predicted molar refractivity (Wildman–Crippen MR) is 100 cm³/mol. The maximum absolute atomic E-state index is 12.3. The first-order valence-corrected chi connectivity index (χ1v) is 8.96. The van der Waals surface area contributed by atoms with Gasteiger partial charge in [0.1, 0.15) is 0 Å². The Kier molecular flexibility index (Phi) is 4.78. The quantitative estimate of drug-likeness (QED) is 0.723. The lowest BCUT2D eigenvalue weighted by atomic mass is 9.88. The highest BCUT2D eigenvalue weighted by Crippen LogP contribution is 2.29. The number of esters is 1. The number of hydrogen-bond acceptors (Lipinski definition) is 5. The molecule has 1 aliphatic rings. The highest BCUT2D eigenvalue weighted by molar-refractivity contribution is 5.94. The van der Waals surface area contributed by atoms with Crippen molar-refractivity contribution < 1.29 is 14.3 Å². The highest BCUT2D eigenvalue weighted by atomic mass is 16.5. The van der Waals surface area contributed by atoms with Crippen molar-refractivity contribution in [2.24, 2.45) is 0 Å². The van der Waals surface area contributed by atoms with Crippen LogP contribution in [0.25, 0.3) is 11.0 Å².